The number of hydrogen-bond donors (Lipinski definition) is 1. The Morgan fingerprint density at radius 2 is 1.94 bits per heavy atom. The second kappa shape index (κ2) is 10.3. The minimum Gasteiger partial charge on any atom is -0.465 e. The Labute approximate surface area is 204 Å². The number of hydrogen-bond acceptors (Lipinski definition) is 6. The van der Waals surface area contributed by atoms with Crippen molar-refractivity contribution in [2.24, 2.45) is 0 Å². The average molecular weight is 468 g/mol. The maximum absolute atomic E-state index is 12.8. The van der Waals surface area contributed by atoms with E-state index in [0.29, 0.717) is 30.0 Å². The van der Waals surface area contributed by atoms with E-state index in [4.69, 9.17) is 9.47 Å². The van der Waals surface area contributed by atoms with Crippen LogP contribution in [0.4, 0.5) is 0 Å². The predicted octanol–water partition coefficient (Wildman–Crippen LogP) is 4.28. The van der Waals surface area contributed by atoms with E-state index in [1.54, 1.807) is 36.5 Å². The van der Waals surface area contributed by atoms with Crippen LogP contribution in [0.15, 0.2) is 60.8 Å². The van der Waals surface area contributed by atoms with Gasteiger partial charge in [-0.1, -0.05) is 30.4 Å². The zero-order valence-corrected chi connectivity index (χ0v) is 19.6. The second-order valence-corrected chi connectivity index (χ2v) is 8.52. The molecule has 7 nitrogen and oxygen atoms in total. The van der Waals surface area contributed by atoms with Crippen LogP contribution in [0.1, 0.15) is 55.6 Å². The largest absolute Gasteiger partial charge is 0.465 e. The van der Waals surface area contributed by atoms with Gasteiger partial charge in [-0.05, 0) is 65.6 Å². The van der Waals surface area contributed by atoms with Crippen LogP contribution in [0.2, 0.25) is 0 Å². The minimum atomic E-state index is -0.775. The molecule has 176 valence electrons. The van der Waals surface area contributed by atoms with Gasteiger partial charge in [0.1, 0.15) is 5.41 Å². The van der Waals surface area contributed by atoms with E-state index >= 15 is 0 Å². The number of rotatable bonds is 6. The fraction of sp³-hybridized carbons (Fsp3) is 0.214. The Balaban J connectivity index is 1.43. The highest BCUT2D eigenvalue weighted by atomic mass is 16.5. The highest BCUT2D eigenvalue weighted by Gasteiger charge is 2.33. The first-order chi connectivity index (χ1) is 16.9. The molecule has 0 aliphatic carbocycles. The number of nitrogens with zero attached hydrogens (tertiary/aromatic N) is 2. The predicted molar refractivity (Wildman–Crippen MR) is 131 cm³/mol. The molecular formula is C28H25N3O4. The van der Waals surface area contributed by atoms with Gasteiger partial charge in [0.15, 0.2) is 0 Å². The molecule has 1 aliphatic heterocycles. The van der Waals surface area contributed by atoms with E-state index in [9.17, 15) is 14.9 Å². The number of carbonyl (C=O) groups excluding carboxylic acids is 2. The second-order valence-electron chi connectivity index (χ2n) is 8.52. The molecule has 2 heterocycles. The molecule has 1 aliphatic rings. The van der Waals surface area contributed by atoms with E-state index < -0.39 is 5.41 Å². The van der Waals surface area contributed by atoms with Gasteiger partial charge in [-0.15, -0.1) is 0 Å². The van der Waals surface area contributed by atoms with E-state index in [2.05, 4.69) is 16.4 Å². The van der Waals surface area contributed by atoms with Crippen molar-refractivity contribution in [3.8, 4) is 6.07 Å². The number of nitriles is 1. The molecule has 2 aromatic carbocycles. The number of pyridine rings is 1. The summed E-state index contributed by atoms with van der Waals surface area (Å²) in [5.41, 5.74) is 4.44. The third-order valence-corrected chi connectivity index (χ3v) is 5.91. The van der Waals surface area contributed by atoms with Gasteiger partial charge >= 0.3 is 5.97 Å². The molecule has 1 N–H and O–H groups in total. The number of aromatic nitrogens is 1. The molecule has 0 saturated carbocycles. The Morgan fingerprint density at radius 3 is 2.71 bits per heavy atom. The van der Waals surface area contributed by atoms with Crippen molar-refractivity contribution < 1.29 is 19.1 Å². The molecule has 1 amide bonds. The zero-order chi connectivity index (χ0) is 24.8. The lowest BCUT2D eigenvalue weighted by Crippen LogP contribution is -2.33. The molecule has 35 heavy (non-hydrogen) atoms. The van der Waals surface area contributed by atoms with Crippen molar-refractivity contribution in [2.45, 2.75) is 25.5 Å². The van der Waals surface area contributed by atoms with Gasteiger partial charge < -0.3 is 14.8 Å². The summed E-state index contributed by atoms with van der Waals surface area (Å²) in [6.07, 6.45) is 5.49. The summed E-state index contributed by atoms with van der Waals surface area (Å²) in [6.45, 7) is 2.82. The topological polar surface area (TPSA) is 101 Å². The molecule has 0 unspecified atom stereocenters. The highest BCUT2D eigenvalue weighted by molar-refractivity contribution is 5.94. The third kappa shape index (κ3) is 5.45. The van der Waals surface area contributed by atoms with Gasteiger partial charge in [-0.3, -0.25) is 9.78 Å². The van der Waals surface area contributed by atoms with Crippen molar-refractivity contribution in [1.82, 2.24) is 10.3 Å². The fourth-order valence-corrected chi connectivity index (χ4v) is 3.94. The smallest absolute Gasteiger partial charge is 0.337 e. The maximum atomic E-state index is 12.8. The van der Waals surface area contributed by atoms with Gasteiger partial charge in [0, 0.05) is 11.8 Å². The number of amides is 1. The van der Waals surface area contributed by atoms with Gasteiger partial charge in [-0.2, -0.15) is 5.26 Å². The fourth-order valence-electron chi connectivity index (χ4n) is 3.94. The van der Waals surface area contributed by atoms with Crippen LogP contribution in [0.25, 0.3) is 12.2 Å². The molecule has 0 radical (unpaired) electrons. The van der Waals surface area contributed by atoms with Crippen LogP contribution in [-0.2, 0) is 28.0 Å². The molecule has 0 spiro atoms. The first-order valence-electron chi connectivity index (χ1n) is 11.1. The zero-order valence-electron chi connectivity index (χ0n) is 19.6. The normalized spacial score (nSPS) is 16.8. The Bertz CT molecular complexity index is 1340. The van der Waals surface area contributed by atoms with Gasteiger partial charge in [-0.25, -0.2) is 4.79 Å². The summed E-state index contributed by atoms with van der Waals surface area (Å²) in [7, 11) is 1.35. The van der Waals surface area contributed by atoms with Crippen molar-refractivity contribution in [3.63, 3.8) is 0 Å². The molecule has 1 atom stereocenters. The summed E-state index contributed by atoms with van der Waals surface area (Å²) in [4.78, 5) is 28.9. The van der Waals surface area contributed by atoms with Crippen LogP contribution >= 0.6 is 0 Å². The van der Waals surface area contributed by atoms with Crippen molar-refractivity contribution in [2.75, 3.05) is 13.7 Å². The molecule has 0 saturated heterocycles. The molecule has 1 aromatic heterocycles. The number of fused-ring (bicyclic) bond motifs is 1. The molecule has 7 heteroatoms. The van der Waals surface area contributed by atoms with Crippen molar-refractivity contribution >= 4 is 24.0 Å². The van der Waals surface area contributed by atoms with Crippen molar-refractivity contribution in [3.05, 3.63) is 99.9 Å². The number of esters is 1. The summed E-state index contributed by atoms with van der Waals surface area (Å²) < 4.78 is 10.3. The number of carbonyl (C=O) groups is 2. The van der Waals surface area contributed by atoms with Crippen LogP contribution in [0.3, 0.4) is 0 Å². The molecule has 0 fully saturated rings. The molecule has 0 bridgehead atoms. The van der Waals surface area contributed by atoms with E-state index in [-0.39, 0.29) is 18.4 Å². The summed E-state index contributed by atoms with van der Waals surface area (Å²) in [6, 6.07) is 18.6. The van der Waals surface area contributed by atoms with Gasteiger partial charge in [0.2, 0.25) is 0 Å². The molecule has 3 aromatic rings. The summed E-state index contributed by atoms with van der Waals surface area (Å²) in [5, 5.41) is 12.5. The monoisotopic (exact) mass is 467 g/mol. The van der Waals surface area contributed by atoms with Gasteiger partial charge in [0.25, 0.3) is 5.91 Å². The lowest BCUT2D eigenvalue weighted by molar-refractivity contribution is 0.0600. The van der Waals surface area contributed by atoms with Crippen LogP contribution < -0.4 is 5.32 Å². The first-order valence-corrected chi connectivity index (χ1v) is 11.1. The number of ether oxygens (including phenoxy) is 2. The SMILES string of the molecule is COC(=O)c1cccc(/C=C/c2ccnc(CNC(=O)c3ccc4c(c3)[C@](C)(C#N)COC4)c2)c1. The number of methoxy groups -OCH3 is 1. The van der Waals surface area contributed by atoms with Gasteiger partial charge in [0.05, 0.1) is 44.2 Å². The van der Waals surface area contributed by atoms with Crippen LogP contribution in [0, 0.1) is 11.3 Å². The lowest BCUT2D eigenvalue weighted by atomic mass is 9.79. The summed E-state index contributed by atoms with van der Waals surface area (Å²) in [5.74, 6) is -0.617. The Hall–Kier alpha value is -4.28. The van der Waals surface area contributed by atoms with Crippen LogP contribution in [-0.4, -0.2) is 30.6 Å². The first kappa shape index (κ1) is 23.9. The van der Waals surface area contributed by atoms with Crippen LogP contribution in [0.5, 0.6) is 0 Å². The minimum absolute atomic E-state index is 0.234. The quantitative estimate of drug-likeness (QED) is 0.543. The van der Waals surface area contributed by atoms with E-state index in [1.165, 1.54) is 7.11 Å². The number of benzene rings is 2. The summed E-state index contributed by atoms with van der Waals surface area (Å²) >= 11 is 0. The Kier molecular flexibility index (Phi) is 7.04. The maximum Gasteiger partial charge on any atom is 0.337 e. The Morgan fingerprint density at radius 1 is 1.14 bits per heavy atom. The average Bonchev–Trinajstić information content (AvgIpc) is 2.90. The lowest BCUT2D eigenvalue weighted by Gasteiger charge is -2.30. The van der Waals surface area contributed by atoms with E-state index in [1.807, 2.05) is 43.3 Å². The standard InChI is InChI=1S/C28H25N3O4/c1-28(17-29)18-35-16-23-9-8-21(14-25(23)28)26(32)31-15-24-13-20(10-11-30-24)7-6-19-4-3-5-22(12-19)27(33)34-2/h3-14H,15-16,18H2,1-2H3,(H,31,32)/b7-6+/t28-/m1/s1. The number of nitrogens with one attached hydrogen (secondary N) is 1. The van der Waals surface area contributed by atoms with E-state index in [0.717, 1.165) is 22.3 Å². The molecule has 4 rings (SSSR count). The van der Waals surface area contributed by atoms with Crippen molar-refractivity contribution in [1.29, 1.82) is 5.26 Å². The highest BCUT2D eigenvalue weighted by Crippen LogP contribution is 2.32. The molecular weight excluding hydrogens is 442 g/mol. The third-order valence-electron chi connectivity index (χ3n) is 5.91.